The Morgan fingerprint density at radius 1 is 1.62 bits per heavy atom. The number of hydrogen-bond acceptors (Lipinski definition) is 3. The molecule has 1 aromatic heterocycles. The maximum Gasteiger partial charge on any atom is 0.264 e. The molecule has 0 atom stereocenters. The Labute approximate surface area is 85.9 Å². The second kappa shape index (κ2) is 3.86. The number of hydrogen-bond donors (Lipinski definition) is 0. The Hall–Kier alpha value is -0.260. The van der Waals surface area contributed by atoms with Crippen LogP contribution in [0.25, 0.3) is 0 Å². The average molecular weight is 243 g/mol. The molecular formula is C6H8Cl2N2O2S. The van der Waals surface area contributed by atoms with Crippen LogP contribution < -0.4 is 0 Å². The smallest absolute Gasteiger partial charge is 0.264 e. The summed E-state index contributed by atoms with van der Waals surface area (Å²) in [6.45, 7) is 2.11. The van der Waals surface area contributed by atoms with Crippen LogP contribution in [0.3, 0.4) is 0 Å². The fraction of sp³-hybridized carbons (Fsp3) is 0.500. The van der Waals surface area contributed by atoms with Gasteiger partial charge in [-0.15, -0.1) is 11.6 Å². The summed E-state index contributed by atoms with van der Waals surface area (Å²) in [5, 5.41) is 3.84. The minimum Gasteiger partial charge on any atom is -0.267 e. The number of aromatic nitrogens is 2. The zero-order valence-electron chi connectivity index (χ0n) is 6.87. The normalized spacial score (nSPS) is 11.9. The Balaban J connectivity index is 3.14. The third kappa shape index (κ3) is 2.36. The van der Waals surface area contributed by atoms with E-state index in [1.54, 1.807) is 6.92 Å². The summed E-state index contributed by atoms with van der Waals surface area (Å²) in [6, 6.07) is 0. The zero-order chi connectivity index (χ0) is 10.1. The van der Waals surface area contributed by atoms with Crippen molar-refractivity contribution in [1.82, 2.24) is 9.78 Å². The third-order valence-electron chi connectivity index (χ3n) is 1.62. The molecule has 0 spiro atoms. The van der Waals surface area contributed by atoms with Crippen molar-refractivity contribution in [3.05, 3.63) is 11.9 Å². The molecular weight excluding hydrogens is 235 g/mol. The van der Waals surface area contributed by atoms with E-state index in [-0.39, 0.29) is 4.90 Å². The van der Waals surface area contributed by atoms with Crippen LogP contribution in [0.15, 0.2) is 11.1 Å². The van der Waals surface area contributed by atoms with E-state index in [0.717, 1.165) is 0 Å². The number of alkyl halides is 1. The molecule has 0 amide bonds. The highest BCUT2D eigenvalue weighted by atomic mass is 35.7. The quantitative estimate of drug-likeness (QED) is 0.594. The van der Waals surface area contributed by atoms with Crippen molar-refractivity contribution in [2.45, 2.75) is 18.4 Å². The minimum absolute atomic E-state index is 0.0410. The van der Waals surface area contributed by atoms with E-state index in [1.807, 2.05) is 0 Å². The van der Waals surface area contributed by atoms with Gasteiger partial charge < -0.3 is 0 Å². The molecule has 74 valence electrons. The summed E-state index contributed by atoms with van der Waals surface area (Å²) in [4.78, 5) is 0.0410. The van der Waals surface area contributed by atoms with Crippen LogP contribution in [-0.4, -0.2) is 24.1 Å². The zero-order valence-corrected chi connectivity index (χ0v) is 9.20. The van der Waals surface area contributed by atoms with Gasteiger partial charge in [-0.3, -0.25) is 4.68 Å². The number of rotatable bonds is 3. The second-order valence-electron chi connectivity index (χ2n) is 2.44. The highest BCUT2D eigenvalue weighted by Gasteiger charge is 2.17. The highest BCUT2D eigenvalue weighted by Crippen LogP contribution is 2.18. The largest absolute Gasteiger partial charge is 0.267 e. The molecule has 13 heavy (non-hydrogen) atoms. The van der Waals surface area contributed by atoms with E-state index in [1.165, 1.54) is 10.9 Å². The van der Waals surface area contributed by atoms with Crippen LogP contribution in [0.2, 0.25) is 0 Å². The molecule has 0 aliphatic carbocycles. The Kier molecular flexibility index (Phi) is 3.21. The molecule has 0 bridgehead atoms. The Morgan fingerprint density at radius 2 is 2.23 bits per heavy atom. The van der Waals surface area contributed by atoms with Gasteiger partial charge >= 0.3 is 0 Å². The van der Waals surface area contributed by atoms with Crippen LogP contribution in [0, 0.1) is 6.92 Å². The molecule has 7 heteroatoms. The van der Waals surface area contributed by atoms with Crippen LogP contribution >= 0.6 is 22.3 Å². The first-order valence-corrected chi connectivity index (χ1v) is 6.34. The summed E-state index contributed by atoms with van der Waals surface area (Å²) in [7, 11) is 1.48. The predicted octanol–water partition coefficient (Wildman–Crippen LogP) is 1.36. The molecule has 4 nitrogen and oxygen atoms in total. The van der Waals surface area contributed by atoms with E-state index < -0.39 is 9.05 Å². The molecule has 1 aromatic rings. The van der Waals surface area contributed by atoms with Crippen molar-refractivity contribution in [3.8, 4) is 0 Å². The molecule has 1 rings (SSSR count). The van der Waals surface area contributed by atoms with Gasteiger partial charge in [-0.05, 0) is 6.92 Å². The van der Waals surface area contributed by atoms with Gasteiger partial charge in [-0.2, -0.15) is 5.10 Å². The fourth-order valence-corrected chi connectivity index (χ4v) is 2.22. The molecule has 0 fully saturated rings. The topological polar surface area (TPSA) is 52.0 Å². The van der Waals surface area contributed by atoms with E-state index >= 15 is 0 Å². The molecule has 0 saturated heterocycles. The summed E-state index contributed by atoms with van der Waals surface area (Å²) in [6.07, 6.45) is 1.23. The Bertz CT molecular complexity index is 399. The SMILES string of the molecule is Cc1c(S(=O)(=O)Cl)cnn1CCCl. The molecule has 0 saturated carbocycles. The van der Waals surface area contributed by atoms with Gasteiger partial charge in [0.05, 0.1) is 18.4 Å². The van der Waals surface area contributed by atoms with Crippen LogP contribution in [-0.2, 0) is 15.6 Å². The van der Waals surface area contributed by atoms with Crippen molar-refractivity contribution in [2.24, 2.45) is 0 Å². The lowest BCUT2D eigenvalue weighted by molar-refractivity contribution is 0.606. The maximum absolute atomic E-state index is 11.0. The van der Waals surface area contributed by atoms with Crippen molar-refractivity contribution in [2.75, 3.05) is 5.88 Å². The van der Waals surface area contributed by atoms with Gasteiger partial charge in [-0.25, -0.2) is 8.42 Å². The average Bonchev–Trinajstić information content (AvgIpc) is 2.32. The maximum atomic E-state index is 11.0. The predicted molar refractivity (Wildman–Crippen MR) is 50.7 cm³/mol. The lowest BCUT2D eigenvalue weighted by atomic mass is 10.5. The summed E-state index contributed by atoms with van der Waals surface area (Å²) in [5.41, 5.74) is 0.510. The fourth-order valence-electron chi connectivity index (χ4n) is 0.974. The molecule has 0 N–H and O–H groups in total. The van der Waals surface area contributed by atoms with Crippen LogP contribution in [0.5, 0.6) is 0 Å². The first-order chi connectivity index (χ1) is 5.96. The van der Waals surface area contributed by atoms with Gasteiger partial charge in [0.25, 0.3) is 9.05 Å². The van der Waals surface area contributed by atoms with E-state index in [0.29, 0.717) is 18.1 Å². The second-order valence-corrected chi connectivity index (χ2v) is 5.36. The van der Waals surface area contributed by atoms with Crippen molar-refractivity contribution < 1.29 is 8.42 Å². The lowest BCUT2D eigenvalue weighted by Gasteiger charge is -2.00. The summed E-state index contributed by atoms with van der Waals surface area (Å²) in [5.74, 6) is 0.379. The van der Waals surface area contributed by atoms with Crippen molar-refractivity contribution >= 4 is 31.3 Å². The third-order valence-corrected chi connectivity index (χ3v) is 3.21. The van der Waals surface area contributed by atoms with Crippen molar-refractivity contribution in [1.29, 1.82) is 0 Å². The molecule has 1 heterocycles. The minimum atomic E-state index is -3.69. The molecule has 0 unspecified atom stereocenters. The molecule has 0 aromatic carbocycles. The molecule has 0 aliphatic rings. The number of nitrogens with zero attached hydrogens (tertiary/aromatic N) is 2. The van der Waals surface area contributed by atoms with E-state index in [4.69, 9.17) is 22.3 Å². The Morgan fingerprint density at radius 3 is 2.62 bits per heavy atom. The van der Waals surface area contributed by atoms with E-state index in [9.17, 15) is 8.42 Å². The summed E-state index contributed by atoms with van der Waals surface area (Å²) < 4.78 is 23.4. The molecule has 0 radical (unpaired) electrons. The van der Waals surface area contributed by atoms with Gasteiger partial charge in [0.1, 0.15) is 4.90 Å². The summed E-state index contributed by atoms with van der Waals surface area (Å²) >= 11 is 5.49. The number of aryl methyl sites for hydroxylation is 1. The first kappa shape index (κ1) is 10.8. The monoisotopic (exact) mass is 242 g/mol. The van der Waals surface area contributed by atoms with Gasteiger partial charge in [-0.1, -0.05) is 0 Å². The van der Waals surface area contributed by atoms with Gasteiger partial charge in [0.15, 0.2) is 0 Å². The van der Waals surface area contributed by atoms with Gasteiger partial charge in [0, 0.05) is 16.6 Å². The van der Waals surface area contributed by atoms with Crippen LogP contribution in [0.4, 0.5) is 0 Å². The lowest BCUT2D eigenvalue weighted by Crippen LogP contribution is -2.04. The first-order valence-electron chi connectivity index (χ1n) is 3.50. The molecule has 0 aliphatic heterocycles. The highest BCUT2D eigenvalue weighted by molar-refractivity contribution is 8.13. The number of halogens is 2. The van der Waals surface area contributed by atoms with Gasteiger partial charge in [0.2, 0.25) is 0 Å². The standard InChI is InChI=1S/C6H8Cl2N2O2S/c1-5-6(13(8,11)12)4-9-10(5)3-2-7/h4H,2-3H2,1H3. The van der Waals surface area contributed by atoms with Crippen LogP contribution in [0.1, 0.15) is 5.69 Å². The van der Waals surface area contributed by atoms with Crippen molar-refractivity contribution in [3.63, 3.8) is 0 Å². The van der Waals surface area contributed by atoms with E-state index in [2.05, 4.69) is 5.10 Å².